The molecule has 66 valence electrons. The maximum absolute atomic E-state index is 5.83. The molecule has 0 aliphatic rings. The van der Waals surface area contributed by atoms with Gasteiger partial charge in [-0.1, -0.05) is 0 Å². The number of rotatable bonds is 1. The van der Waals surface area contributed by atoms with Crippen LogP contribution in [0.5, 0.6) is 0 Å². The molecule has 0 bridgehead atoms. The number of fused-ring (bicyclic) bond motifs is 1. The van der Waals surface area contributed by atoms with Gasteiger partial charge in [-0.05, 0) is 31.1 Å². The van der Waals surface area contributed by atoms with E-state index >= 15 is 0 Å². The Kier molecular flexibility index (Phi) is 1.95. The van der Waals surface area contributed by atoms with E-state index in [4.69, 9.17) is 7.85 Å². The van der Waals surface area contributed by atoms with Crippen molar-refractivity contribution in [3.05, 3.63) is 11.9 Å². The van der Waals surface area contributed by atoms with Gasteiger partial charge in [0, 0.05) is 6.04 Å². The molecule has 2 rings (SSSR count). The summed E-state index contributed by atoms with van der Waals surface area (Å²) in [5.74, 6) is 0. The van der Waals surface area contributed by atoms with Crippen LogP contribution in [-0.4, -0.2) is 17.4 Å². The smallest absolute Gasteiger partial charge is 0.129 e. The number of thiophene rings is 1. The molecule has 0 aliphatic heterocycles. The first-order valence-electron chi connectivity index (χ1n) is 4.32. The van der Waals surface area contributed by atoms with Crippen LogP contribution in [0.15, 0.2) is 6.33 Å². The molecule has 0 saturated heterocycles. The molecule has 2 radical (unpaired) electrons. The highest BCUT2D eigenvalue weighted by Crippen LogP contribution is 2.24. The zero-order valence-corrected chi connectivity index (χ0v) is 8.85. The lowest BCUT2D eigenvalue weighted by Crippen LogP contribution is -1.99. The fourth-order valence-electron chi connectivity index (χ4n) is 1.37. The van der Waals surface area contributed by atoms with Gasteiger partial charge in [0.15, 0.2) is 0 Å². The minimum Gasteiger partial charge on any atom is -0.320 e. The van der Waals surface area contributed by atoms with Gasteiger partial charge in [-0.2, -0.15) is 0 Å². The average Bonchev–Trinajstić information content (AvgIpc) is 2.55. The SMILES string of the molecule is [B]c1sc2c(ncn2C(C)C)c1C. The molecule has 0 aromatic carbocycles. The monoisotopic (exact) mass is 190 g/mol. The third-order valence-electron chi connectivity index (χ3n) is 2.24. The van der Waals surface area contributed by atoms with Crippen molar-refractivity contribution in [1.29, 1.82) is 0 Å². The molecule has 0 spiro atoms. The second kappa shape index (κ2) is 2.87. The highest BCUT2D eigenvalue weighted by molar-refractivity contribution is 7.26. The Hall–Kier alpha value is -0.765. The van der Waals surface area contributed by atoms with Crippen molar-refractivity contribution in [2.75, 3.05) is 0 Å². The van der Waals surface area contributed by atoms with E-state index in [-0.39, 0.29) is 0 Å². The maximum atomic E-state index is 5.83. The van der Waals surface area contributed by atoms with Crippen LogP contribution in [0.25, 0.3) is 10.3 Å². The maximum Gasteiger partial charge on any atom is 0.129 e. The molecule has 0 aliphatic carbocycles. The molecule has 0 saturated carbocycles. The summed E-state index contributed by atoms with van der Waals surface area (Å²) in [6, 6.07) is 0.447. The molecule has 2 aromatic heterocycles. The first kappa shape index (κ1) is 8.82. The average molecular weight is 190 g/mol. The van der Waals surface area contributed by atoms with Crippen LogP contribution in [0, 0.1) is 6.92 Å². The summed E-state index contributed by atoms with van der Waals surface area (Å²) in [7, 11) is 5.83. The molecule has 4 heteroatoms. The van der Waals surface area contributed by atoms with Crippen LogP contribution < -0.4 is 4.78 Å². The summed E-state index contributed by atoms with van der Waals surface area (Å²) < 4.78 is 3.04. The van der Waals surface area contributed by atoms with E-state index in [1.165, 1.54) is 4.83 Å². The molecule has 0 unspecified atom stereocenters. The Morgan fingerprint density at radius 3 is 2.85 bits per heavy atom. The Labute approximate surface area is 83.0 Å². The predicted molar refractivity (Wildman–Crippen MR) is 58.1 cm³/mol. The molecule has 2 nitrogen and oxygen atoms in total. The molecule has 0 atom stereocenters. The van der Waals surface area contributed by atoms with Gasteiger partial charge in [0.25, 0.3) is 0 Å². The summed E-state index contributed by atoms with van der Waals surface area (Å²) in [5.41, 5.74) is 2.16. The third kappa shape index (κ3) is 1.20. The van der Waals surface area contributed by atoms with Gasteiger partial charge in [0.2, 0.25) is 0 Å². The zero-order valence-electron chi connectivity index (χ0n) is 8.03. The largest absolute Gasteiger partial charge is 0.320 e. The van der Waals surface area contributed by atoms with E-state index in [9.17, 15) is 0 Å². The number of hydrogen-bond donors (Lipinski definition) is 0. The third-order valence-corrected chi connectivity index (χ3v) is 3.36. The second-order valence-corrected chi connectivity index (χ2v) is 4.52. The van der Waals surface area contributed by atoms with Crippen LogP contribution >= 0.6 is 11.3 Å². The van der Waals surface area contributed by atoms with E-state index in [1.807, 2.05) is 13.3 Å². The lowest BCUT2D eigenvalue weighted by molar-refractivity contribution is 0.620. The van der Waals surface area contributed by atoms with Crippen molar-refractivity contribution < 1.29 is 0 Å². The number of hydrogen-bond acceptors (Lipinski definition) is 2. The predicted octanol–water partition coefficient (Wildman–Crippen LogP) is 1.78. The summed E-state index contributed by atoms with van der Waals surface area (Å²) >= 11 is 1.62. The van der Waals surface area contributed by atoms with Gasteiger partial charge in [0.05, 0.1) is 6.33 Å². The summed E-state index contributed by atoms with van der Waals surface area (Å²) in [6.45, 7) is 6.31. The standard InChI is InChI=1S/C9H11BN2S/c1-5(2)12-4-11-7-6(3)8(10)13-9(7)12/h4-5H,1-3H3. The van der Waals surface area contributed by atoms with E-state index < -0.39 is 0 Å². The van der Waals surface area contributed by atoms with Crippen molar-refractivity contribution in [2.45, 2.75) is 26.8 Å². The van der Waals surface area contributed by atoms with Gasteiger partial charge in [-0.25, -0.2) is 4.98 Å². The Morgan fingerprint density at radius 2 is 2.23 bits per heavy atom. The second-order valence-electron chi connectivity index (χ2n) is 3.49. The highest BCUT2D eigenvalue weighted by atomic mass is 32.1. The number of imidazole rings is 1. The fourth-order valence-corrected chi connectivity index (χ4v) is 2.50. The molecule has 2 heterocycles. The lowest BCUT2D eigenvalue weighted by atomic mass is 10.0. The van der Waals surface area contributed by atoms with Gasteiger partial charge in [0.1, 0.15) is 18.2 Å². The zero-order chi connectivity index (χ0) is 9.59. The molecule has 0 amide bonds. The normalized spacial score (nSPS) is 11.7. The topological polar surface area (TPSA) is 17.8 Å². The van der Waals surface area contributed by atoms with E-state index in [1.54, 1.807) is 11.3 Å². The fraction of sp³-hybridized carbons (Fsp3) is 0.444. The summed E-state index contributed by atoms with van der Waals surface area (Å²) in [5, 5.41) is 0. The van der Waals surface area contributed by atoms with E-state index in [0.717, 1.165) is 15.9 Å². The molecular formula is C9H11BN2S. The van der Waals surface area contributed by atoms with Gasteiger partial charge >= 0.3 is 0 Å². The van der Waals surface area contributed by atoms with Crippen LogP contribution in [0.1, 0.15) is 25.5 Å². The van der Waals surface area contributed by atoms with Crippen LogP contribution in [0.3, 0.4) is 0 Å². The molecule has 0 fully saturated rings. The van der Waals surface area contributed by atoms with E-state index in [2.05, 4.69) is 23.4 Å². The summed E-state index contributed by atoms with van der Waals surface area (Å²) in [6.07, 6.45) is 1.89. The van der Waals surface area contributed by atoms with Crippen LogP contribution in [-0.2, 0) is 0 Å². The highest BCUT2D eigenvalue weighted by Gasteiger charge is 2.11. The molecular weight excluding hydrogens is 179 g/mol. The number of aromatic nitrogens is 2. The van der Waals surface area contributed by atoms with Gasteiger partial charge < -0.3 is 4.57 Å². The molecule has 13 heavy (non-hydrogen) atoms. The van der Waals surface area contributed by atoms with Crippen LogP contribution in [0.2, 0.25) is 0 Å². The Balaban J connectivity index is 2.74. The minimum absolute atomic E-state index is 0.447. The van der Waals surface area contributed by atoms with Crippen molar-refractivity contribution >= 4 is 34.3 Å². The summed E-state index contributed by atoms with van der Waals surface area (Å²) in [4.78, 5) is 5.54. The van der Waals surface area contributed by atoms with Gasteiger partial charge in [-0.15, -0.1) is 11.3 Å². The lowest BCUT2D eigenvalue weighted by Gasteiger charge is -2.05. The first-order chi connectivity index (χ1) is 6.11. The van der Waals surface area contributed by atoms with Gasteiger partial charge in [-0.3, -0.25) is 0 Å². The molecule has 0 N–H and O–H groups in total. The number of nitrogens with zero attached hydrogens (tertiary/aromatic N) is 2. The first-order valence-corrected chi connectivity index (χ1v) is 5.14. The van der Waals surface area contributed by atoms with E-state index in [0.29, 0.717) is 6.04 Å². The van der Waals surface area contributed by atoms with Crippen LogP contribution in [0.4, 0.5) is 0 Å². The number of aryl methyl sites for hydroxylation is 1. The quantitative estimate of drug-likeness (QED) is 0.626. The van der Waals surface area contributed by atoms with Crippen molar-refractivity contribution in [1.82, 2.24) is 9.55 Å². The Bertz CT molecular complexity index is 442. The minimum atomic E-state index is 0.447. The molecule has 2 aromatic rings. The Morgan fingerprint density at radius 1 is 1.54 bits per heavy atom. The van der Waals surface area contributed by atoms with Crippen molar-refractivity contribution in [3.8, 4) is 0 Å². The van der Waals surface area contributed by atoms with Crippen molar-refractivity contribution in [3.63, 3.8) is 0 Å². The van der Waals surface area contributed by atoms with Crippen molar-refractivity contribution in [2.24, 2.45) is 0 Å².